The summed E-state index contributed by atoms with van der Waals surface area (Å²) in [4.78, 5) is 0. The summed E-state index contributed by atoms with van der Waals surface area (Å²) in [6.07, 6.45) is 3.88. The number of ether oxygens (including phenoxy) is 1. The van der Waals surface area contributed by atoms with E-state index in [2.05, 4.69) is 33.3 Å². The van der Waals surface area contributed by atoms with E-state index >= 15 is 0 Å². The molecule has 1 atom stereocenters. The van der Waals surface area contributed by atoms with E-state index in [0.717, 1.165) is 21.5 Å². The average molecular weight is 310 g/mol. The monoisotopic (exact) mass is 309 g/mol. The van der Waals surface area contributed by atoms with Crippen molar-refractivity contribution in [2.75, 3.05) is 12.4 Å². The van der Waals surface area contributed by atoms with Gasteiger partial charge in [-0.1, -0.05) is 0 Å². The number of aromatic nitrogens is 2. The molecular weight excluding hydrogens is 294 g/mol. The van der Waals surface area contributed by atoms with Crippen LogP contribution in [0.2, 0.25) is 0 Å². The first-order chi connectivity index (χ1) is 8.60. The zero-order chi connectivity index (χ0) is 13.1. The Kier molecular flexibility index (Phi) is 3.91. The summed E-state index contributed by atoms with van der Waals surface area (Å²) < 4.78 is 7.95. The molecule has 1 aromatic carbocycles. The average Bonchev–Trinajstić information content (AvgIpc) is 2.76. The lowest BCUT2D eigenvalue weighted by Crippen LogP contribution is -2.05. The van der Waals surface area contributed by atoms with Crippen LogP contribution in [0.5, 0.6) is 5.75 Å². The molecular formula is C13H16BrN3O. The third-order valence-corrected chi connectivity index (χ3v) is 3.38. The molecule has 0 aliphatic rings. The number of methoxy groups -OCH3 is 1. The predicted molar refractivity (Wildman–Crippen MR) is 75.9 cm³/mol. The van der Waals surface area contributed by atoms with Crippen LogP contribution in [0.3, 0.4) is 0 Å². The molecule has 96 valence electrons. The van der Waals surface area contributed by atoms with Gasteiger partial charge in [-0.05, 0) is 41.1 Å². The lowest BCUT2D eigenvalue weighted by molar-refractivity contribution is 0.412. The van der Waals surface area contributed by atoms with Crippen LogP contribution < -0.4 is 10.1 Å². The fourth-order valence-corrected chi connectivity index (χ4v) is 2.29. The van der Waals surface area contributed by atoms with Gasteiger partial charge in [-0.15, -0.1) is 0 Å². The van der Waals surface area contributed by atoms with Crippen LogP contribution in [-0.4, -0.2) is 16.9 Å². The van der Waals surface area contributed by atoms with Crippen LogP contribution in [0.4, 0.5) is 5.69 Å². The molecule has 1 aromatic heterocycles. The van der Waals surface area contributed by atoms with E-state index < -0.39 is 0 Å². The highest BCUT2D eigenvalue weighted by molar-refractivity contribution is 9.10. The minimum absolute atomic E-state index is 0.207. The molecule has 0 aliphatic carbocycles. The Hall–Kier alpha value is -1.49. The van der Waals surface area contributed by atoms with Gasteiger partial charge in [-0.2, -0.15) is 5.10 Å². The second-order valence-corrected chi connectivity index (χ2v) is 5.02. The van der Waals surface area contributed by atoms with Gasteiger partial charge in [-0.25, -0.2) is 0 Å². The first kappa shape index (κ1) is 13.0. The van der Waals surface area contributed by atoms with Crippen LogP contribution >= 0.6 is 15.9 Å². The maximum Gasteiger partial charge on any atom is 0.133 e. The topological polar surface area (TPSA) is 39.1 Å². The molecule has 1 N–H and O–H groups in total. The number of hydrogen-bond donors (Lipinski definition) is 1. The maximum absolute atomic E-state index is 5.20. The summed E-state index contributed by atoms with van der Waals surface area (Å²) in [7, 11) is 3.58. The number of rotatable bonds is 4. The van der Waals surface area contributed by atoms with E-state index in [1.54, 1.807) is 11.8 Å². The van der Waals surface area contributed by atoms with Gasteiger partial charge in [0.05, 0.1) is 23.8 Å². The number of nitrogens with one attached hydrogen (secondary N) is 1. The van der Waals surface area contributed by atoms with Gasteiger partial charge in [0, 0.05) is 24.5 Å². The summed E-state index contributed by atoms with van der Waals surface area (Å²) in [5.74, 6) is 0.828. The first-order valence-corrected chi connectivity index (χ1v) is 6.48. The third kappa shape index (κ3) is 2.85. The van der Waals surface area contributed by atoms with E-state index in [0.29, 0.717) is 0 Å². The zero-order valence-corrected chi connectivity index (χ0v) is 12.2. The Morgan fingerprint density at radius 2 is 2.22 bits per heavy atom. The third-order valence-electron chi connectivity index (χ3n) is 2.76. The van der Waals surface area contributed by atoms with Crippen molar-refractivity contribution >= 4 is 21.6 Å². The predicted octanol–water partition coefficient (Wildman–Crippen LogP) is 3.36. The summed E-state index contributed by atoms with van der Waals surface area (Å²) in [5.41, 5.74) is 2.20. The van der Waals surface area contributed by atoms with Crippen LogP contribution in [0.15, 0.2) is 35.1 Å². The van der Waals surface area contributed by atoms with Crippen LogP contribution in [-0.2, 0) is 7.05 Å². The van der Waals surface area contributed by atoms with Gasteiger partial charge in [0.2, 0.25) is 0 Å². The van der Waals surface area contributed by atoms with Gasteiger partial charge in [-0.3, -0.25) is 4.68 Å². The van der Waals surface area contributed by atoms with Crippen molar-refractivity contribution in [3.63, 3.8) is 0 Å². The molecule has 0 fully saturated rings. The van der Waals surface area contributed by atoms with Crippen molar-refractivity contribution in [1.82, 2.24) is 9.78 Å². The molecule has 5 heteroatoms. The minimum Gasteiger partial charge on any atom is -0.496 e. The Bertz CT molecular complexity index is 539. The smallest absolute Gasteiger partial charge is 0.133 e. The number of benzene rings is 1. The molecule has 0 saturated heterocycles. The molecule has 2 rings (SSSR count). The van der Waals surface area contributed by atoms with Gasteiger partial charge < -0.3 is 10.1 Å². The van der Waals surface area contributed by atoms with Crippen molar-refractivity contribution in [2.24, 2.45) is 7.05 Å². The largest absolute Gasteiger partial charge is 0.496 e. The molecule has 18 heavy (non-hydrogen) atoms. The lowest BCUT2D eigenvalue weighted by atomic mass is 10.2. The first-order valence-electron chi connectivity index (χ1n) is 5.69. The quantitative estimate of drug-likeness (QED) is 0.941. The highest BCUT2D eigenvalue weighted by Gasteiger charge is 2.08. The molecule has 2 aromatic rings. The van der Waals surface area contributed by atoms with E-state index in [4.69, 9.17) is 4.74 Å². The lowest BCUT2D eigenvalue weighted by Gasteiger charge is -2.14. The fourth-order valence-electron chi connectivity index (χ4n) is 1.75. The second kappa shape index (κ2) is 5.44. The summed E-state index contributed by atoms with van der Waals surface area (Å²) in [6, 6.07) is 6.14. The highest BCUT2D eigenvalue weighted by atomic mass is 79.9. The molecule has 0 aliphatic heterocycles. The minimum atomic E-state index is 0.207. The zero-order valence-electron chi connectivity index (χ0n) is 10.6. The van der Waals surface area contributed by atoms with Crippen molar-refractivity contribution in [1.29, 1.82) is 0 Å². The van der Waals surface area contributed by atoms with Crippen LogP contribution in [0, 0.1) is 0 Å². The summed E-state index contributed by atoms with van der Waals surface area (Å²) in [5, 5.41) is 7.60. The van der Waals surface area contributed by atoms with Crippen molar-refractivity contribution in [2.45, 2.75) is 13.0 Å². The molecule has 0 amide bonds. The Morgan fingerprint density at radius 1 is 1.44 bits per heavy atom. The molecule has 0 radical (unpaired) electrons. The summed E-state index contributed by atoms with van der Waals surface area (Å²) >= 11 is 3.48. The van der Waals surface area contributed by atoms with Crippen molar-refractivity contribution in [3.05, 3.63) is 40.6 Å². The van der Waals surface area contributed by atoms with E-state index in [1.165, 1.54) is 0 Å². The Labute approximate surface area is 115 Å². The molecule has 0 saturated carbocycles. The standard InChI is InChI=1S/C13H16BrN3O/c1-9(10-7-15-17(2)8-10)16-11-4-5-13(18-3)12(14)6-11/h4-9,16H,1-3H3. The van der Waals surface area contributed by atoms with Crippen molar-refractivity contribution < 1.29 is 4.74 Å². The molecule has 1 unspecified atom stereocenters. The number of halogens is 1. The molecule has 1 heterocycles. The van der Waals surface area contributed by atoms with Gasteiger partial charge in [0.15, 0.2) is 0 Å². The fraction of sp³-hybridized carbons (Fsp3) is 0.308. The van der Waals surface area contributed by atoms with Gasteiger partial charge in [0.25, 0.3) is 0 Å². The molecule has 4 nitrogen and oxygen atoms in total. The van der Waals surface area contributed by atoms with Crippen LogP contribution in [0.1, 0.15) is 18.5 Å². The van der Waals surface area contributed by atoms with E-state index in [-0.39, 0.29) is 6.04 Å². The Balaban J connectivity index is 2.12. The van der Waals surface area contributed by atoms with Gasteiger partial charge in [0.1, 0.15) is 5.75 Å². The SMILES string of the molecule is COc1ccc(NC(C)c2cnn(C)c2)cc1Br. The maximum atomic E-state index is 5.20. The van der Waals surface area contributed by atoms with Crippen molar-refractivity contribution in [3.8, 4) is 5.75 Å². The van der Waals surface area contributed by atoms with E-state index in [9.17, 15) is 0 Å². The number of hydrogen-bond acceptors (Lipinski definition) is 3. The normalized spacial score (nSPS) is 12.2. The number of anilines is 1. The highest BCUT2D eigenvalue weighted by Crippen LogP contribution is 2.29. The van der Waals surface area contributed by atoms with E-state index in [1.807, 2.05) is 37.6 Å². The summed E-state index contributed by atoms with van der Waals surface area (Å²) in [6.45, 7) is 2.11. The van der Waals surface area contributed by atoms with Crippen LogP contribution in [0.25, 0.3) is 0 Å². The second-order valence-electron chi connectivity index (χ2n) is 4.16. The molecule has 0 spiro atoms. The molecule has 0 bridgehead atoms. The Morgan fingerprint density at radius 3 is 2.78 bits per heavy atom. The number of aryl methyl sites for hydroxylation is 1. The number of nitrogens with zero attached hydrogens (tertiary/aromatic N) is 2. The van der Waals surface area contributed by atoms with Gasteiger partial charge >= 0.3 is 0 Å².